The summed E-state index contributed by atoms with van der Waals surface area (Å²) in [6.45, 7) is 4.70. The molecule has 1 aliphatic rings. The molecule has 3 nitrogen and oxygen atoms in total. The van der Waals surface area contributed by atoms with Gasteiger partial charge < -0.3 is 10.1 Å². The topological polar surface area (TPSA) is 38.3 Å². The molecule has 16 heavy (non-hydrogen) atoms. The van der Waals surface area contributed by atoms with E-state index in [1.54, 1.807) is 0 Å². The maximum atomic E-state index is 11.6. The van der Waals surface area contributed by atoms with E-state index < -0.39 is 0 Å². The number of amides is 1. The van der Waals surface area contributed by atoms with Crippen molar-refractivity contribution in [2.75, 3.05) is 12.5 Å². The third-order valence-electron chi connectivity index (χ3n) is 2.78. The maximum Gasteiger partial charge on any atom is 0.220 e. The molecule has 1 saturated heterocycles. The Labute approximate surface area is 103 Å². The van der Waals surface area contributed by atoms with Crippen LogP contribution in [0, 0.1) is 0 Å². The third-order valence-corrected chi connectivity index (χ3v) is 3.45. The summed E-state index contributed by atoms with van der Waals surface area (Å²) in [6, 6.07) is 0. The lowest BCUT2D eigenvalue weighted by molar-refractivity contribution is -0.123. The van der Waals surface area contributed by atoms with Gasteiger partial charge in [0.15, 0.2) is 0 Å². The van der Waals surface area contributed by atoms with Gasteiger partial charge in [0.2, 0.25) is 5.91 Å². The molecule has 1 fully saturated rings. The summed E-state index contributed by atoms with van der Waals surface area (Å²) in [5.41, 5.74) is -0.313. The second-order valence-corrected chi connectivity index (χ2v) is 5.36. The van der Waals surface area contributed by atoms with Crippen molar-refractivity contribution in [2.45, 2.75) is 57.6 Å². The second kappa shape index (κ2) is 6.45. The van der Waals surface area contributed by atoms with Gasteiger partial charge in [-0.3, -0.25) is 4.79 Å². The number of halogens is 1. The minimum absolute atomic E-state index is 0.0693. The first-order valence-electron chi connectivity index (χ1n) is 6.02. The van der Waals surface area contributed by atoms with Crippen LogP contribution in [0.4, 0.5) is 0 Å². The van der Waals surface area contributed by atoms with Crippen LogP contribution in [0.25, 0.3) is 0 Å². The fourth-order valence-corrected chi connectivity index (χ4v) is 1.87. The van der Waals surface area contributed by atoms with Gasteiger partial charge in [0.05, 0.1) is 6.10 Å². The van der Waals surface area contributed by atoms with Crippen molar-refractivity contribution in [3.05, 3.63) is 0 Å². The molecule has 1 atom stereocenters. The van der Waals surface area contributed by atoms with Crippen LogP contribution in [-0.2, 0) is 9.53 Å². The van der Waals surface area contributed by atoms with Gasteiger partial charge >= 0.3 is 0 Å². The lowest BCUT2D eigenvalue weighted by Crippen LogP contribution is -2.45. The van der Waals surface area contributed by atoms with Crippen molar-refractivity contribution < 1.29 is 9.53 Å². The smallest absolute Gasteiger partial charge is 0.220 e. The van der Waals surface area contributed by atoms with Gasteiger partial charge in [0.1, 0.15) is 0 Å². The average Bonchev–Trinajstić information content (AvgIpc) is 2.27. The van der Waals surface area contributed by atoms with E-state index >= 15 is 0 Å². The van der Waals surface area contributed by atoms with E-state index in [9.17, 15) is 4.79 Å². The minimum atomic E-state index is -0.313. The largest absolute Gasteiger partial charge is 0.378 e. The molecule has 0 aromatic heterocycles. The number of hydrogen-bond donors (Lipinski definition) is 1. The zero-order valence-corrected chi connectivity index (χ0v) is 11.0. The van der Waals surface area contributed by atoms with Crippen molar-refractivity contribution >= 4 is 17.5 Å². The molecule has 0 saturated carbocycles. The van der Waals surface area contributed by atoms with Gasteiger partial charge in [-0.05, 0) is 39.5 Å². The molecule has 1 amide bonds. The summed E-state index contributed by atoms with van der Waals surface area (Å²) >= 11 is 5.75. The van der Waals surface area contributed by atoms with E-state index in [2.05, 4.69) is 5.32 Å². The Morgan fingerprint density at radius 1 is 1.50 bits per heavy atom. The number of nitrogens with one attached hydrogen (secondary N) is 1. The molecule has 1 rings (SSSR count). The highest BCUT2D eigenvalue weighted by Gasteiger charge is 2.20. The SMILES string of the molecule is CC(C)(CCl)NC(=O)CCC1CCCCO1. The Bertz CT molecular complexity index is 225. The second-order valence-electron chi connectivity index (χ2n) is 5.09. The zero-order chi connectivity index (χ0) is 12.0. The Morgan fingerprint density at radius 3 is 2.81 bits per heavy atom. The fourth-order valence-electron chi connectivity index (χ4n) is 1.80. The Morgan fingerprint density at radius 2 is 2.25 bits per heavy atom. The van der Waals surface area contributed by atoms with E-state index in [0.29, 0.717) is 12.3 Å². The summed E-state index contributed by atoms with van der Waals surface area (Å²) in [6.07, 6.45) is 5.10. The van der Waals surface area contributed by atoms with E-state index in [4.69, 9.17) is 16.3 Å². The van der Waals surface area contributed by atoms with Crippen LogP contribution < -0.4 is 5.32 Å². The highest BCUT2D eigenvalue weighted by molar-refractivity contribution is 6.18. The molecule has 0 aromatic carbocycles. The monoisotopic (exact) mass is 247 g/mol. The third kappa shape index (κ3) is 5.17. The van der Waals surface area contributed by atoms with Crippen LogP contribution in [0.1, 0.15) is 46.0 Å². The van der Waals surface area contributed by atoms with Gasteiger partial charge in [-0.2, -0.15) is 0 Å². The standard InChI is InChI=1S/C12H22ClNO2/c1-12(2,9-13)14-11(15)7-6-10-5-3-4-8-16-10/h10H,3-9H2,1-2H3,(H,14,15). The van der Waals surface area contributed by atoms with E-state index in [-0.39, 0.29) is 17.6 Å². The molecule has 0 aromatic rings. The van der Waals surface area contributed by atoms with E-state index in [1.807, 2.05) is 13.8 Å². The molecular formula is C12H22ClNO2. The molecule has 1 heterocycles. The Balaban J connectivity index is 2.19. The molecule has 1 N–H and O–H groups in total. The summed E-state index contributed by atoms with van der Waals surface area (Å²) in [4.78, 5) is 11.6. The van der Waals surface area contributed by atoms with Crippen molar-refractivity contribution in [3.8, 4) is 0 Å². The molecule has 1 unspecified atom stereocenters. The summed E-state index contributed by atoms with van der Waals surface area (Å²) in [5.74, 6) is 0.499. The summed E-state index contributed by atoms with van der Waals surface area (Å²) in [7, 11) is 0. The van der Waals surface area contributed by atoms with Crippen LogP contribution in [0.3, 0.4) is 0 Å². The lowest BCUT2D eigenvalue weighted by Gasteiger charge is -2.25. The predicted octanol–water partition coefficient (Wildman–Crippen LogP) is 2.47. The molecule has 0 spiro atoms. The first-order valence-corrected chi connectivity index (χ1v) is 6.55. The van der Waals surface area contributed by atoms with Crippen molar-refractivity contribution in [1.82, 2.24) is 5.32 Å². The van der Waals surface area contributed by atoms with Crippen molar-refractivity contribution in [3.63, 3.8) is 0 Å². The van der Waals surface area contributed by atoms with Gasteiger partial charge in [-0.15, -0.1) is 11.6 Å². The number of ether oxygens (including phenoxy) is 1. The van der Waals surface area contributed by atoms with Crippen LogP contribution >= 0.6 is 11.6 Å². The molecule has 0 aliphatic carbocycles. The maximum absolute atomic E-state index is 11.6. The Kier molecular flexibility index (Phi) is 5.56. The lowest BCUT2D eigenvalue weighted by atomic mass is 10.0. The van der Waals surface area contributed by atoms with E-state index in [1.165, 1.54) is 6.42 Å². The highest BCUT2D eigenvalue weighted by Crippen LogP contribution is 2.17. The quantitative estimate of drug-likeness (QED) is 0.758. The Hall–Kier alpha value is -0.280. The van der Waals surface area contributed by atoms with Crippen LogP contribution in [0.15, 0.2) is 0 Å². The van der Waals surface area contributed by atoms with Crippen LogP contribution in [0.5, 0.6) is 0 Å². The van der Waals surface area contributed by atoms with Gasteiger partial charge in [0, 0.05) is 24.4 Å². The number of carbonyl (C=O) groups is 1. The molecule has 94 valence electrons. The number of hydrogen-bond acceptors (Lipinski definition) is 2. The van der Waals surface area contributed by atoms with Crippen LogP contribution in [-0.4, -0.2) is 30.0 Å². The number of alkyl halides is 1. The minimum Gasteiger partial charge on any atom is -0.378 e. The van der Waals surface area contributed by atoms with Gasteiger partial charge in [-0.25, -0.2) is 0 Å². The predicted molar refractivity (Wildman–Crippen MR) is 65.8 cm³/mol. The van der Waals surface area contributed by atoms with Gasteiger partial charge in [-0.1, -0.05) is 0 Å². The van der Waals surface area contributed by atoms with Gasteiger partial charge in [0.25, 0.3) is 0 Å². The molecule has 0 radical (unpaired) electrons. The molecule has 4 heteroatoms. The summed E-state index contributed by atoms with van der Waals surface area (Å²) in [5, 5.41) is 2.92. The summed E-state index contributed by atoms with van der Waals surface area (Å²) < 4.78 is 5.58. The fraction of sp³-hybridized carbons (Fsp3) is 0.917. The number of rotatable bonds is 5. The first kappa shape index (κ1) is 13.8. The normalized spacial score (nSPS) is 21.8. The van der Waals surface area contributed by atoms with E-state index in [0.717, 1.165) is 25.9 Å². The van der Waals surface area contributed by atoms with Crippen LogP contribution in [0.2, 0.25) is 0 Å². The average molecular weight is 248 g/mol. The first-order chi connectivity index (χ1) is 7.53. The molecule has 0 bridgehead atoms. The number of carbonyl (C=O) groups excluding carboxylic acids is 1. The van der Waals surface area contributed by atoms with Crippen molar-refractivity contribution in [1.29, 1.82) is 0 Å². The molecular weight excluding hydrogens is 226 g/mol. The van der Waals surface area contributed by atoms with Crippen molar-refractivity contribution in [2.24, 2.45) is 0 Å². The zero-order valence-electron chi connectivity index (χ0n) is 10.2. The highest BCUT2D eigenvalue weighted by atomic mass is 35.5. The molecule has 1 aliphatic heterocycles.